The van der Waals surface area contributed by atoms with Crippen LogP contribution in [0.1, 0.15) is 34.7 Å². The lowest BCUT2D eigenvalue weighted by atomic mass is 9.95. The highest BCUT2D eigenvalue weighted by Crippen LogP contribution is 2.25. The van der Waals surface area contributed by atoms with E-state index in [2.05, 4.69) is 27.2 Å². The van der Waals surface area contributed by atoms with Crippen molar-refractivity contribution in [2.45, 2.75) is 36.9 Å². The minimum atomic E-state index is -3.84. The Morgan fingerprint density at radius 2 is 2.10 bits per heavy atom. The number of benzene rings is 2. The molecule has 4 rings (SSSR count). The zero-order valence-electron chi connectivity index (χ0n) is 16.8. The monoisotopic (exact) mass is 428 g/mol. The first-order valence-corrected chi connectivity index (χ1v) is 11.5. The fraction of sp³-hybridized carbons (Fsp3) is 0.318. The first kappa shape index (κ1) is 20.7. The molecule has 0 bridgehead atoms. The Hall–Kier alpha value is -2.55. The van der Waals surface area contributed by atoms with Crippen LogP contribution in [0.4, 0.5) is 4.39 Å². The van der Waals surface area contributed by atoms with E-state index in [1.807, 2.05) is 6.07 Å². The van der Waals surface area contributed by atoms with Crippen LogP contribution in [0.25, 0.3) is 0 Å². The third-order valence-corrected chi connectivity index (χ3v) is 6.69. The van der Waals surface area contributed by atoms with Crippen molar-refractivity contribution in [1.29, 1.82) is 0 Å². The SMILES string of the molecule is Cn1cnc(S(=O)(=O)NC(Cc2cccc(F)c2)c2ccc3c(c2)CNCCC3)c1. The first-order chi connectivity index (χ1) is 14.4. The summed E-state index contributed by atoms with van der Waals surface area (Å²) in [5.74, 6) is -0.343. The van der Waals surface area contributed by atoms with E-state index in [1.54, 1.807) is 23.7 Å². The van der Waals surface area contributed by atoms with Gasteiger partial charge in [-0.1, -0.05) is 30.3 Å². The number of hydrogen-bond acceptors (Lipinski definition) is 4. The molecular formula is C22H25FN4O2S. The molecule has 0 radical (unpaired) electrons. The summed E-state index contributed by atoms with van der Waals surface area (Å²) in [6.45, 7) is 1.71. The molecule has 1 aliphatic heterocycles. The number of rotatable bonds is 6. The molecule has 3 aromatic rings. The van der Waals surface area contributed by atoms with Gasteiger partial charge in [-0.05, 0) is 60.2 Å². The van der Waals surface area contributed by atoms with Crippen molar-refractivity contribution in [2.24, 2.45) is 7.05 Å². The zero-order valence-corrected chi connectivity index (χ0v) is 17.6. The van der Waals surface area contributed by atoms with Crippen LogP contribution in [0.5, 0.6) is 0 Å². The number of halogens is 1. The summed E-state index contributed by atoms with van der Waals surface area (Å²) in [4.78, 5) is 3.98. The predicted molar refractivity (Wildman–Crippen MR) is 113 cm³/mol. The van der Waals surface area contributed by atoms with E-state index in [1.165, 1.54) is 35.8 Å². The number of nitrogens with one attached hydrogen (secondary N) is 2. The van der Waals surface area contributed by atoms with Crippen LogP contribution < -0.4 is 10.0 Å². The van der Waals surface area contributed by atoms with Crippen molar-refractivity contribution in [3.63, 3.8) is 0 Å². The molecule has 1 aromatic heterocycles. The number of imidazole rings is 1. The molecule has 2 N–H and O–H groups in total. The van der Waals surface area contributed by atoms with Crippen molar-refractivity contribution in [3.05, 3.63) is 83.1 Å². The molecule has 6 nitrogen and oxygen atoms in total. The molecule has 8 heteroatoms. The highest BCUT2D eigenvalue weighted by Gasteiger charge is 2.24. The van der Waals surface area contributed by atoms with E-state index in [0.29, 0.717) is 6.42 Å². The molecule has 30 heavy (non-hydrogen) atoms. The Morgan fingerprint density at radius 3 is 2.87 bits per heavy atom. The van der Waals surface area contributed by atoms with Gasteiger partial charge in [-0.15, -0.1) is 0 Å². The minimum Gasteiger partial charge on any atom is -0.339 e. The number of hydrogen-bond donors (Lipinski definition) is 2. The molecule has 0 amide bonds. The molecule has 0 fully saturated rings. The Bertz CT molecular complexity index is 1140. The first-order valence-electron chi connectivity index (χ1n) is 9.98. The topological polar surface area (TPSA) is 76.0 Å². The summed E-state index contributed by atoms with van der Waals surface area (Å²) in [7, 11) is -2.12. The lowest BCUT2D eigenvalue weighted by Gasteiger charge is -2.20. The average Bonchev–Trinajstić information content (AvgIpc) is 3.02. The predicted octanol–water partition coefficient (Wildman–Crippen LogP) is 2.86. The summed E-state index contributed by atoms with van der Waals surface area (Å²) in [6, 6.07) is 11.8. The number of fused-ring (bicyclic) bond motifs is 1. The maximum atomic E-state index is 13.7. The second kappa shape index (κ2) is 8.67. The number of nitrogens with zero attached hydrogens (tertiary/aromatic N) is 2. The molecule has 0 aliphatic carbocycles. The maximum absolute atomic E-state index is 13.7. The van der Waals surface area contributed by atoms with Crippen LogP contribution in [0.2, 0.25) is 0 Å². The lowest BCUT2D eigenvalue weighted by Crippen LogP contribution is -2.30. The van der Waals surface area contributed by atoms with E-state index in [-0.39, 0.29) is 10.8 Å². The molecular weight excluding hydrogens is 403 g/mol. The third kappa shape index (κ3) is 4.77. The van der Waals surface area contributed by atoms with Crippen molar-refractivity contribution in [1.82, 2.24) is 19.6 Å². The van der Waals surface area contributed by atoms with Crippen LogP contribution in [0.3, 0.4) is 0 Å². The zero-order chi connectivity index (χ0) is 21.1. The van der Waals surface area contributed by atoms with Gasteiger partial charge in [-0.2, -0.15) is 0 Å². The smallest absolute Gasteiger partial charge is 0.260 e. The van der Waals surface area contributed by atoms with Crippen LogP contribution in [-0.2, 0) is 36.5 Å². The highest BCUT2D eigenvalue weighted by atomic mass is 32.2. The molecule has 0 saturated carbocycles. The van der Waals surface area contributed by atoms with Gasteiger partial charge in [-0.25, -0.2) is 22.5 Å². The van der Waals surface area contributed by atoms with Crippen molar-refractivity contribution in [3.8, 4) is 0 Å². The van der Waals surface area contributed by atoms with Crippen molar-refractivity contribution in [2.75, 3.05) is 6.54 Å². The molecule has 1 aliphatic rings. The molecule has 1 atom stereocenters. The molecule has 158 valence electrons. The molecule has 2 heterocycles. The standard InChI is InChI=1S/C22H25FN4O2S/c1-27-14-22(25-15-27)30(28,29)26-21(11-16-4-2-6-20(23)10-16)18-8-7-17-5-3-9-24-13-19(17)12-18/h2,4,6-8,10,12,14-15,21,24,26H,3,5,9,11,13H2,1H3. The summed E-state index contributed by atoms with van der Waals surface area (Å²) in [5, 5.41) is 3.37. The Labute approximate surface area is 176 Å². The maximum Gasteiger partial charge on any atom is 0.260 e. The minimum absolute atomic E-state index is 0.0364. The van der Waals surface area contributed by atoms with Gasteiger partial charge < -0.3 is 9.88 Å². The van der Waals surface area contributed by atoms with E-state index < -0.39 is 16.1 Å². The number of sulfonamides is 1. The second-order valence-corrected chi connectivity index (χ2v) is 9.35. The quantitative estimate of drug-likeness (QED) is 0.633. The van der Waals surface area contributed by atoms with E-state index in [4.69, 9.17) is 0 Å². The van der Waals surface area contributed by atoms with Gasteiger partial charge in [0.25, 0.3) is 10.0 Å². The fourth-order valence-electron chi connectivity index (χ4n) is 3.80. The van der Waals surface area contributed by atoms with E-state index in [9.17, 15) is 12.8 Å². The average molecular weight is 429 g/mol. The lowest BCUT2D eigenvalue weighted by molar-refractivity contribution is 0.550. The summed E-state index contributed by atoms with van der Waals surface area (Å²) >= 11 is 0. The molecule has 0 spiro atoms. The van der Waals surface area contributed by atoms with Crippen LogP contribution in [0, 0.1) is 5.82 Å². The van der Waals surface area contributed by atoms with Gasteiger partial charge in [0.05, 0.1) is 12.4 Å². The van der Waals surface area contributed by atoms with Gasteiger partial charge in [0.1, 0.15) is 5.82 Å². The summed E-state index contributed by atoms with van der Waals surface area (Å²) in [6.07, 6.45) is 5.31. The summed E-state index contributed by atoms with van der Waals surface area (Å²) in [5.41, 5.74) is 4.02. The fourth-order valence-corrected chi connectivity index (χ4v) is 5.01. The molecule has 1 unspecified atom stereocenters. The Balaban J connectivity index is 1.69. The van der Waals surface area contributed by atoms with Crippen LogP contribution in [-0.4, -0.2) is 24.5 Å². The van der Waals surface area contributed by atoms with Crippen molar-refractivity contribution >= 4 is 10.0 Å². The third-order valence-electron chi connectivity index (χ3n) is 5.33. The Morgan fingerprint density at radius 1 is 1.23 bits per heavy atom. The normalized spacial score (nSPS) is 15.4. The van der Waals surface area contributed by atoms with Gasteiger partial charge in [0, 0.05) is 19.8 Å². The van der Waals surface area contributed by atoms with Crippen LogP contribution >= 0.6 is 0 Å². The number of aromatic nitrogens is 2. The van der Waals surface area contributed by atoms with E-state index >= 15 is 0 Å². The molecule has 0 saturated heterocycles. The molecule has 2 aromatic carbocycles. The van der Waals surface area contributed by atoms with Crippen LogP contribution in [0.15, 0.2) is 60.0 Å². The van der Waals surface area contributed by atoms with Crippen molar-refractivity contribution < 1.29 is 12.8 Å². The summed E-state index contributed by atoms with van der Waals surface area (Å²) < 4.78 is 44.0. The van der Waals surface area contributed by atoms with Gasteiger partial charge in [0.2, 0.25) is 0 Å². The van der Waals surface area contributed by atoms with Gasteiger partial charge in [-0.3, -0.25) is 0 Å². The largest absolute Gasteiger partial charge is 0.339 e. The number of aryl methyl sites for hydroxylation is 2. The highest BCUT2D eigenvalue weighted by molar-refractivity contribution is 7.89. The second-order valence-electron chi connectivity index (χ2n) is 7.69. The van der Waals surface area contributed by atoms with E-state index in [0.717, 1.165) is 37.1 Å². The van der Waals surface area contributed by atoms with Gasteiger partial charge >= 0.3 is 0 Å². The Kier molecular flexibility index (Phi) is 5.99. The van der Waals surface area contributed by atoms with Gasteiger partial charge in [0.15, 0.2) is 5.03 Å².